The number of rotatable bonds is 41. The molecule has 0 aromatic carbocycles. The minimum Gasteiger partial charge on any atom is -0.462 e. The van der Waals surface area contributed by atoms with Gasteiger partial charge in [-0.25, -0.2) is 4.57 Å². The summed E-state index contributed by atoms with van der Waals surface area (Å²) in [7, 11) is 1.40. The van der Waals surface area contributed by atoms with Crippen LogP contribution in [0.1, 0.15) is 174 Å². The van der Waals surface area contributed by atoms with E-state index >= 15 is 0 Å². The van der Waals surface area contributed by atoms with Crippen molar-refractivity contribution in [2.24, 2.45) is 0 Å². The van der Waals surface area contributed by atoms with Crippen molar-refractivity contribution in [3.8, 4) is 0 Å². The highest BCUT2D eigenvalue weighted by Crippen LogP contribution is 2.43. The number of phosphoric acid groups is 1. The van der Waals surface area contributed by atoms with E-state index in [9.17, 15) is 24.2 Å². The highest BCUT2D eigenvalue weighted by atomic mass is 31.2. The Morgan fingerprint density at radius 2 is 1.17 bits per heavy atom. The number of hydrogen-bond donors (Lipinski definition) is 2. The molecule has 0 aliphatic heterocycles. The van der Waals surface area contributed by atoms with Gasteiger partial charge in [0.25, 0.3) is 0 Å². The van der Waals surface area contributed by atoms with E-state index in [1.807, 2.05) is 57.6 Å². The first-order valence-corrected chi connectivity index (χ1v) is 24.6. The molecule has 2 N–H and O–H groups in total. The zero-order chi connectivity index (χ0) is 43.7. The molecule has 0 saturated heterocycles. The maximum absolute atomic E-state index is 12.7. The molecule has 0 saturated carbocycles. The second-order valence-electron chi connectivity index (χ2n) is 16.6. The normalized spacial score (nSPS) is 14.6. The largest absolute Gasteiger partial charge is 0.472 e. The number of carbonyl (C=O) groups is 2. The van der Waals surface area contributed by atoms with Gasteiger partial charge in [-0.2, -0.15) is 0 Å². The van der Waals surface area contributed by atoms with E-state index in [-0.39, 0.29) is 26.1 Å². The van der Waals surface area contributed by atoms with Crippen LogP contribution in [0.2, 0.25) is 0 Å². The Bertz CT molecular complexity index is 1210. The number of likely N-dealkylation sites (N-methyl/N-ethyl adjacent to an activating group) is 1. The maximum atomic E-state index is 12.7. The lowest BCUT2D eigenvalue weighted by Gasteiger charge is -2.24. The van der Waals surface area contributed by atoms with Crippen LogP contribution < -0.4 is 0 Å². The van der Waals surface area contributed by atoms with E-state index in [2.05, 4.69) is 32.1 Å². The number of quaternary nitrogens is 1. The van der Waals surface area contributed by atoms with Gasteiger partial charge in [-0.1, -0.05) is 177 Å². The highest BCUT2D eigenvalue weighted by Gasteiger charge is 2.27. The van der Waals surface area contributed by atoms with Crippen molar-refractivity contribution in [1.29, 1.82) is 0 Å². The van der Waals surface area contributed by atoms with E-state index in [4.69, 9.17) is 18.5 Å². The molecule has 3 atom stereocenters. The Balaban J connectivity index is 4.47. The van der Waals surface area contributed by atoms with Crippen LogP contribution in [0.3, 0.4) is 0 Å². The van der Waals surface area contributed by atoms with Crippen molar-refractivity contribution in [1.82, 2.24) is 0 Å². The molecule has 0 aliphatic rings. The van der Waals surface area contributed by atoms with Crippen molar-refractivity contribution in [2.45, 2.75) is 187 Å². The predicted octanol–water partition coefficient (Wildman–Crippen LogP) is 12.2. The number of carbonyl (C=O) groups excluding carboxylic acids is 2. The molecule has 0 aromatic heterocycles. The van der Waals surface area contributed by atoms with E-state index in [0.29, 0.717) is 30.3 Å². The summed E-state index contributed by atoms with van der Waals surface area (Å²) in [6.45, 7) is 4.15. The number of esters is 2. The van der Waals surface area contributed by atoms with Crippen LogP contribution in [0, 0.1) is 0 Å². The third-order valence-electron chi connectivity index (χ3n) is 9.64. The molecule has 2 unspecified atom stereocenters. The lowest BCUT2D eigenvalue weighted by atomic mass is 10.0. The van der Waals surface area contributed by atoms with Crippen LogP contribution in [0.5, 0.6) is 0 Å². The average Bonchev–Trinajstić information content (AvgIpc) is 3.18. The number of aliphatic hydroxyl groups excluding tert-OH is 1. The molecular formula is C48H87NO9P+. The maximum Gasteiger partial charge on any atom is 0.472 e. The summed E-state index contributed by atoms with van der Waals surface area (Å²) in [4.78, 5) is 35.4. The van der Waals surface area contributed by atoms with Crippen LogP contribution >= 0.6 is 7.82 Å². The second-order valence-corrected chi connectivity index (χ2v) is 18.1. The first-order chi connectivity index (χ1) is 28.4. The number of hydrogen-bond acceptors (Lipinski definition) is 8. The molecule has 0 radical (unpaired) electrons. The van der Waals surface area contributed by atoms with Gasteiger partial charge in [-0.15, -0.1) is 0 Å². The molecule has 0 amide bonds. The van der Waals surface area contributed by atoms with Crippen LogP contribution in [-0.2, 0) is 32.7 Å². The molecule has 0 heterocycles. The van der Waals surface area contributed by atoms with E-state index in [1.165, 1.54) is 89.9 Å². The minimum absolute atomic E-state index is 0.00858. The molecule has 11 heteroatoms. The zero-order valence-corrected chi connectivity index (χ0v) is 39.0. The van der Waals surface area contributed by atoms with E-state index in [0.717, 1.165) is 38.5 Å². The molecule has 0 rings (SSSR count). The summed E-state index contributed by atoms with van der Waals surface area (Å²) in [6, 6.07) is 0. The summed E-state index contributed by atoms with van der Waals surface area (Å²) < 4.78 is 34.2. The number of ether oxygens (including phenoxy) is 2. The Labute approximate surface area is 360 Å². The number of phosphoric ester groups is 1. The molecule has 10 nitrogen and oxygen atoms in total. The topological polar surface area (TPSA) is 129 Å². The average molecular weight is 853 g/mol. The fourth-order valence-electron chi connectivity index (χ4n) is 6.02. The molecule has 0 fully saturated rings. The Hall–Kier alpha value is -2.33. The van der Waals surface area contributed by atoms with Crippen LogP contribution in [0.4, 0.5) is 0 Å². The Kier molecular flexibility index (Phi) is 38.2. The third-order valence-corrected chi connectivity index (χ3v) is 10.6. The van der Waals surface area contributed by atoms with E-state index < -0.39 is 38.6 Å². The molecule has 342 valence electrons. The summed E-state index contributed by atoms with van der Waals surface area (Å²) >= 11 is 0. The summed E-state index contributed by atoms with van der Waals surface area (Å²) in [5.74, 6) is -0.904. The fraction of sp³-hybridized carbons (Fsp3) is 0.750. The van der Waals surface area contributed by atoms with Gasteiger partial charge < -0.3 is 24.0 Å². The van der Waals surface area contributed by atoms with Gasteiger partial charge in [0.2, 0.25) is 0 Å². The van der Waals surface area contributed by atoms with Crippen molar-refractivity contribution in [3.63, 3.8) is 0 Å². The third kappa shape index (κ3) is 43.6. The molecule has 0 aliphatic carbocycles. The SMILES string of the molecule is CC/C=C\C/C=C\CC(O)/C=C/C=C\C/C=C\CCCC(=O)O[C@H](COC(=O)CCCCCCCCCCCCCCCCCCC)COP(=O)(O)OCC[N+](C)(C)C. The fourth-order valence-corrected chi connectivity index (χ4v) is 6.76. The quantitative estimate of drug-likeness (QED) is 0.0154. The zero-order valence-electron chi connectivity index (χ0n) is 38.1. The summed E-state index contributed by atoms with van der Waals surface area (Å²) in [5, 5.41) is 10.0. The lowest BCUT2D eigenvalue weighted by molar-refractivity contribution is -0.870. The smallest absolute Gasteiger partial charge is 0.462 e. The van der Waals surface area contributed by atoms with Gasteiger partial charge >= 0.3 is 19.8 Å². The summed E-state index contributed by atoms with van der Waals surface area (Å²) in [5.41, 5.74) is 0. The Morgan fingerprint density at radius 3 is 1.76 bits per heavy atom. The van der Waals surface area contributed by atoms with Gasteiger partial charge in [0.15, 0.2) is 6.10 Å². The second kappa shape index (κ2) is 39.8. The van der Waals surface area contributed by atoms with Crippen LogP contribution in [-0.4, -0.2) is 86.1 Å². The molecule has 0 spiro atoms. The van der Waals surface area contributed by atoms with Gasteiger partial charge in [0, 0.05) is 12.8 Å². The van der Waals surface area contributed by atoms with Crippen molar-refractivity contribution < 1.29 is 47.2 Å². The van der Waals surface area contributed by atoms with E-state index in [1.54, 1.807) is 6.08 Å². The Morgan fingerprint density at radius 1 is 0.627 bits per heavy atom. The first-order valence-electron chi connectivity index (χ1n) is 23.1. The monoisotopic (exact) mass is 853 g/mol. The lowest BCUT2D eigenvalue weighted by Crippen LogP contribution is -2.37. The van der Waals surface area contributed by atoms with Crippen molar-refractivity contribution >= 4 is 19.8 Å². The number of aliphatic hydroxyl groups is 1. The first kappa shape index (κ1) is 56.7. The van der Waals surface area contributed by atoms with Gasteiger partial charge in [-0.05, 0) is 44.9 Å². The minimum atomic E-state index is -4.41. The molecule has 0 aromatic rings. The molecule has 0 bridgehead atoms. The molecular weight excluding hydrogens is 766 g/mol. The number of unbranched alkanes of at least 4 members (excludes halogenated alkanes) is 17. The van der Waals surface area contributed by atoms with Crippen molar-refractivity contribution in [2.75, 3.05) is 47.5 Å². The van der Waals surface area contributed by atoms with Gasteiger partial charge in [-0.3, -0.25) is 18.6 Å². The van der Waals surface area contributed by atoms with Gasteiger partial charge in [0.1, 0.15) is 19.8 Å². The van der Waals surface area contributed by atoms with Crippen LogP contribution in [0.25, 0.3) is 0 Å². The highest BCUT2D eigenvalue weighted by molar-refractivity contribution is 7.47. The van der Waals surface area contributed by atoms with Gasteiger partial charge in [0.05, 0.1) is 33.9 Å². The molecule has 59 heavy (non-hydrogen) atoms. The number of nitrogens with zero attached hydrogens (tertiary/aromatic N) is 1. The standard InChI is InChI=1S/C48H86NO9P/c1-6-8-10-12-14-15-16-17-18-19-20-21-22-23-27-31-35-39-47(51)55-43-46(44-57-59(53,54)56-42-41-49(3,4)5)58-48(52)40-36-32-28-25-24-26-30-34-38-45(50)37-33-29-13-11-9-7-2/h9,11,25-26,28-30,33-34,38,45-46,50H,6-8,10,12-24,27,31-32,35-37,39-44H2,1-5H3/p+1/b11-9-,28-25-,30-26-,33-29-,38-34+/t45?,46-/m1/s1. The van der Waals surface area contributed by atoms with Crippen molar-refractivity contribution in [3.05, 3.63) is 60.8 Å². The van der Waals surface area contributed by atoms with Crippen LogP contribution in [0.15, 0.2) is 60.8 Å². The number of allylic oxidation sites excluding steroid dienone is 8. The predicted molar refractivity (Wildman–Crippen MR) is 244 cm³/mol. The summed E-state index contributed by atoms with van der Waals surface area (Å²) in [6.07, 6.45) is 44.5.